The smallest absolute Gasteiger partial charge is 0.0960 e. The van der Waals surface area contributed by atoms with Crippen molar-refractivity contribution in [1.82, 2.24) is 4.98 Å². The van der Waals surface area contributed by atoms with Gasteiger partial charge in [-0.25, -0.2) is 4.98 Å². The number of thiol groups is 1. The lowest BCUT2D eigenvalue weighted by molar-refractivity contribution is 0.896. The predicted octanol–water partition coefficient (Wildman–Crippen LogP) is 4.65. The van der Waals surface area contributed by atoms with E-state index in [9.17, 15) is 0 Å². The van der Waals surface area contributed by atoms with Gasteiger partial charge in [0.25, 0.3) is 0 Å². The minimum atomic E-state index is 0.463. The van der Waals surface area contributed by atoms with Crippen molar-refractivity contribution in [3.63, 3.8) is 0 Å². The van der Waals surface area contributed by atoms with E-state index in [1.54, 1.807) is 11.8 Å². The molecule has 0 radical (unpaired) electrons. The Morgan fingerprint density at radius 1 is 1.17 bits per heavy atom. The second-order valence-corrected chi connectivity index (χ2v) is 6.24. The van der Waals surface area contributed by atoms with Crippen LogP contribution in [0.25, 0.3) is 0 Å². The third-order valence-corrected chi connectivity index (χ3v) is 4.64. The van der Waals surface area contributed by atoms with E-state index in [2.05, 4.69) is 57.8 Å². The van der Waals surface area contributed by atoms with E-state index in [0.717, 1.165) is 21.0 Å². The molecule has 0 aliphatic rings. The molecule has 94 valence electrons. The van der Waals surface area contributed by atoms with Crippen molar-refractivity contribution in [1.29, 1.82) is 0 Å². The average Bonchev–Trinajstić information content (AvgIpc) is 2.43. The molecule has 1 nitrogen and oxygen atoms in total. The Labute approximate surface area is 126 Å². The molecule has 1 atom stereocenters. The fourth-order valence-corrected chi connectivity index (χ4v) is 3.34. The van der Waals surface area contributed by atoms with E-state index in [4.69, 9.17) is 0 Å². The molecular weight excluding hydrogens is 326 g/mol. The molecule has 1 aromatic heterocycles. The molecule has 0 aliphatic carbocycles. The standard InChI is InChI=1S/C14H14BrNS2/c15-13-6-7-14(16-8-13)18-10-12(9-17)11-4-2-1-3-5-11/h1-8,12,17H,9-10H2. The van der Waals surface area contributed by atoms with Crippen LogP contribution in [-0.2, 0) is 0 Å². The highest BCUT2D eigenvalue weighted by molar-refractivity contribution is 9.10. The van der Waals surface area contributed by atoms with E-state index in [1.807, 2.05) is 24.4 Å². The highest BCUT2D eigenvalue weighted by Crippen LogP contribution is 2.26. The molecule has 0 saturated carbocycles. The molecule has 1 aromatic carbocycles. The van der Waals surface area contributed by atoms with E-state index >= 15 is 0 Å². The topological polar surface area (TPSA) is 12.9 Å². The second kappa shape index (κ2) is 7.22. The summed E-state index contributed by atoms with van der Waals surface area (Å²) in [6, 6.07) is 14.6. The molecule has 0 saturated heterocycles. The van der Waals surface area contributed by atoms with Gasteiger partial charge in [0.1, 0.15) is 0 Å². The summed E-state index contributed by atoms with van der Waals surface area (Å²) >= 11 is 9.62. The van der Waals surface area contributed by atoms with Gasteiger partial charge in [0.05, 0.1) is 5.03 Å². The van der Waals surface area contributed by atoms with Crippen LogP contribution in [0.1, 0.15) is 11.5 Å². The van der Waals surface area contributed by atoms with Gasteiger partial charge in [-0.3, -0.25) is 0 Å². The minimum absolute atomic E-state index is 0.463. The normalized spacial score (nSPS) is 12.3. The molecular formula is C14H14BrNS2. The number of nitrogens with zero attached hydrogens (tertiary/aromatic N) is 1. The lowest BCUT2D eigenvalue weighted by Gasteiger charge is -2.14. The van der Waals surface area contributed by atoms with Crippen LogP contribution >= 0.6 is 40.3 Å². The first-order valence-corrected chi connectivity index (χ1v) is 8.11. The molecule has 0 amide bonds. The number of hydrogen-bond acceptors (Lipinski definition) is 3. The fourth-order valence-electron chi connectivity index (χ4n) is 1.61. The molecule has 1 heterocycles. The maximum atomic E-state index is 4.45. The Bertz CT molecular complexity index is 473. The molecule has 4 heteroatoms. The van der Waals surface area contributed by atoms with Crippen LogP contribution in [0.5, 0.6) is 0 Å². The van der Waals surface area contributed by atoms with Gasteiger partial charge in [-0.15, -0.1) is 11.8 Å². The van der Waals surface area contributed by atoms with Crippen molar-refractivity contribution < 1.29 is 0 Å². The monoisotopic (exact) mass is 339 g/mol. The largest absolute Gasteiger partial charge is 0.249 e. The number of benzene rings is 1. The van der Waals surface area contributed by atoms with Crippen LogP contribution in [0.15, 0.2) is 58.2 Å². The van der Waals surface area contributed by atoms with Crippen molar-refractivity contribution in [3.05, 3.63) is 58.7 Å². The van der Waals surface area contributed by atoms with Crippen molar-refractivity contribution in [2.45, 2.75) is 10.9 Å². The third kappa shape index (κ3) is 4.04. The average molecular weight is 340 g/mol. The van der Waals surface area contributed by atoms with Gasteiger partial charge in [0, 0.05) is 22.3 Å². The summed E-state index contributed by atoms with van der Waals surface area (Å²) in [7, 11) is 0. The summed E-state index contributed by atoms with van der Waals surface area (Å²) in [6.45, 7) is 0. The van der Waals surface area contributed by atoms with E-state index in [0.29, 0.717) is 5.92 Å². The van der Waals surface area contributed by atoms with E-state index < -0.39 is 0 Å². The van der Waals surface area contributed by atoms with Gasteiger partial charge in [0.15, 0.2) is 0 Å². The number of rotatable bonds is 5. The Morgan fingerprint density at radius 3 is 2.56 bits per heavy atom. The summed E-state index contributed by atoms with van der Waals surface area (Å²) < 4.78 is 1.01. The lowest BCUT2D eigenvalue weighted by atomic mass is 10.0. The van der Waals surface area contributed by atoms with Gasteiger partial charge < -0.3 is 0 Å². The van der Waals surface area contributed by atoms with Crippen LogP contribution in [0.2, 0.25) is 0 Å². The molecule has 0 fully saturated rings. The van der Waals surface area contributed by atoms with Gasteiger partial charge in [0.2, 0.25) is 0 Å². The zero-order chi connectivity index (χ0) is 12.8. The molecule has 0 bridgehead atoms. The molecule has 2 rings (SSSR count). The molecule has 0 aliphatic heterocycles. The lowest BCUT2D eigenvalue weighted by Crippen LogP contribution is -2.03. The van der Waals surface area contributed by atoms with Crippen LogP contribution in [0, 0.1) is 0 Å². The Kier molecular flexibility index (Phi) is 5.60. The first-order valence-electron chi connectivity index (χ1n) is 5.70. The first-order chi connectivity index (χ1) is 8.79. The predicted molar refractivity (Wildman–Crippen MR) is 85.7 cm³/mol. The fraction of sp³-hybridized carbons (Fsp3) is 0.214. The van der Waals surface area contributed by atoms with Crippen LogP contribution in [0.3, 0.4) is 0 Å². The Balaban J connectivity index is 1.97. The minimum Gasteiger partial charge on any atom is -0.249 e. The van der Waals surface area contributed by atoms with Crippen LogP contribution < -0.4 is 0 Å². The maximum Gasteiger partial charge on any atom is 0.0960 e. The van der Waals surface area contributed by atoms with Gasteiger partial charge in [-0.05, 0) is 39.4 Å². The molecule has 18 heavy (non-hydrogen) atoms. The Morgan fingerprint density at radius 2 is 1.94 bits per heavy atom. The first kappa shape index (κ1) is 14.0. The quantitative estimate of drug-likeness (QED) is 0.628. The van der Waals surface area contributed by atoms with E-state index in [1.165, 1.54) is 5.56 Å². The number of hydrogen-bond donors (Lipinski definition) is 1. The van der Waals surface area contributed by atoms with Crippen LogP contribution in [-0.4, -0.2) is 16.5 Å². The van der Waals surface area contributed by atoms with E-state index in [-0.39, 0.29) is 0 Å². The molecule has 0 spiro atoms. The second-order valence-electron chi connectivity index (χ2n) is 3.92. The van der Waals surface area contributed by atoms with Gasteiger partial charge >= 0.3 is 0 Å². The summed E-state index contributed by atoms with van der Waals surface area (Å²) in [6.07, 6.45) is 1.83. The van der Waals surface area contributed by atoms with Crippen LogP contribution in [0.4, 0.5) is 0 Å². The zero-order valence-electron chi connectivity index (χ0n) is 9.79. The molecule has 0 N–H and O–H groups in total. The van der Waals surface area contributed by atoms with Crippen molar-refractivity contribution in [2.75, 3.05) is 11.5 Å². The summed E-state index contributed by atoms with van der Waals surface area (Å²) in [5.74, 6) is 2.32. The highest BCUT2D eigenvalue weighted by Gasteiger charge is 2.10. The highest BCUT2D eigenvalue weighted by atomic mass is 79.9. The number of halogens is 1. The molecule has 2 aromatic rings. The number of pyridine rings is 1. The number of aromatic nitrogens is 1. The summed E-state index contributed by atoms with van der Waals surface area (Å²) in [4.78, 5) is 4.37. The SMILES string of the molecule is SCC(CSc1ccc(Br)cn1)c1ccccc1. The van der Waals surface area contributed by atoms with Crippen molar-refractivity contribution in [3.8, 4) is 0 Å². The Hall–Kier alpha value is -0.450. The number of thioether (sulfide) groups is 1. The van der Waals surface area contributed by atoms with Crippen molar-refractivity contribution >= 4 is 40.3 Å². The third-order valence-electron chi connectivity index (χ3n) is 2.62. The maximum absolute atomic E-state index is 4.45. The summed E-state index contributed by atoms with van der Waals surface area (Å²) in [5, 5.41) is 1.06. The zero-order valence-corrected chi connectivity index (χ0v) is 13.1. The van der Waals surface area contributed by atoms with Gasteiger partial charge in [-0.1, -0.05) is 30.3 Å². The van der Waals surface area contributed by atoms with Crippen molar-refractivity contribution in [2.24, 2.45) is 0 Å². The molecule has 1 unspecified atom stereocenters. The summed E-state index contributed by atoms with van der Waals surface area (Å²) in [5.41, 5.74) is 1.34. The van der Waals surface area contributed by atoms with Gasteiger partial charge in [-0.2, -0.15) is 12.6 Å².